The second kappa shape index (κ2) is 8.36. The number of fused-ring (bicyclic) bond motifs is 1. The first-order valence-electron chi connectivity index (χ1n) is 8.74. The Morgan fingerprint density at radius 1 is 1.19 bits per heavy atom. The fourth-order valence-corrected chi connectivity index (χ4v) is 2.86. The number of carboxylic acids is 1. The van der Waals surface area contributed by atoms with E-state index in [4.69, 9.17) is 9.15 Å². The topological polar surface area (TPSA) is 79.6 Å². The van der Waals surface area contributed by atoms with Crippen molar-refractivity contribution in [1.29, 1.82) is 0 Å². The molecule has 0 aliphatic heterocycles. The number of carboxylic acid groups (broad SMARTS) is 1. The van der Waals surface area contributed by atoms with E-state index in [2.05, 4.69) is 0 Å². The van der Waals surface area contributed by atoms with Gasteiger partial charge in [0, 0.05) is 11.6 Å². The second-order valence-electron chi connectivity index (χ2n) is 6.11. The zero-order valence-corrected chi connectivity index (χ0v) is 14.9. The van der Waals surface area contributed by atoms with Gasteiger partial charge in [-0.3, -0.25) is 4.79 Å². The molecule has 3 rings (SSSR count). The third-order valence-electron chi connectivity index (χ3n) is 4.10. The Kier molecular flexibility index (Phi) is 5.71. The number of hydrogen-bond acceptors (Lipinski definition) is 5. The van der Waals surface area contributed by atoms with Crippen LogP contribution in [0.25, 0.3) is 17.0 Å². The van der Waals surface area contributed by atoms with Crippen molar-refractivity contribution in [3.63, 3.8) is 0 Å². The van der Waals surface area contributed by atoms with E-state index in [1.807, 2.05) is 37.3 Å². The van der Waals surface area contributed by atoms with E-state index in [1.54, 1.807) is 12.1 Å². The molecule has 0 aliphatic carbocycles. The van der Waals surface area contributed by atoms with Gasteiger partial charge in [0.1, 0.15) is 23.7 Å². The molecule has 0 N–H and O–H groups in total. The third kappa shape index (κ3) is 4.44. The van der Waals surface area contributed by atoms with Crippen LogP contribution in [0.2, 0.25) is 0 Å². The molecular formula is C22H19O5-. The smallest absolute Gasteiger partial charge is 0.193 e. The molecule has 0 atom stereocenters. The number of aliphatic carboxylic acids is 1. The standard InChI is InChI=1S/C22H20O5/c1-2-6-18-20(26-14-15-7-4-3-5-8-15)11-10-17-19(23)13-16(27-22(17)18)9-12-21(24)25/h3-5,7-13H,2,6,14H2,1H3,(H,24,25)/p-1/b12-9+. The lowest BCUT2D eigenvalue weighted by Gasteiger charge is -2.13. The predicted molar refractivity (Wildman–Crippen MR) is 101 cm³/mol. The zero-order valence-electron chi connectivity index (χ0n) is 14.9. The summed E-state index contributed by atoms with van der Waals surface area (Å²) in [6.07, 6.45) is 3.55. The number of rotatable bonds is 7. The van der Waals surface area contributed by atoms with Crippen LogP contribution in [0.15, 0.2) is 63.8 Å². The maximum absolute atomic E-state index is 12.4. The normalized spacial score (nSPS) is 11.1. The Morgan fingerprint density at radius 3 is 2.67 bits per heavy atom. The van der Waals surface area contributed by atoms with Gasteiger partial charge in [0.15, 0.2) is 5.43 Å². The van der Waals surface area contributed by atoms with Gasteiger partial charge in [-0.15, -0.1) is 0 Å². The fourth-order valence-electron chi connectivity index (χ4n) is 2.86. The SMILES string of the molecule is CCCc1c(OCc2ccccc2)ccc2c(=O)cc(/C=C/C(=O)[O-])oc12. The molecule has 27 heavy (non-hydrogen) atoms. The minimum absolute atomic E-state index is 0.161. The molecule has 0 aliphatic rings. The van der Waals surface area contributed by atoms with Crippen LogP contribution in [-0.2, 0) is 17.8 Å². The minimum Gasteiger partial charge on any atom is -0.545 e. The van der Waals surface area contributed by atoms with Gasteiger partial charge in [-0.2, -0.15) is 0 Å². The van der Waals surface area contributed by atoms with E-state index in [0.29, 0.717) is 29.7 Å². The molecule has 0 saturated carbocycles. The monoisotopic (exact) mass is 363 g/mol. The summed E-state index contributed by atoms with van der Waals surface area (Å²) in [6.45, 7) is 2.43. The molecule has 0 fully saturated rings. The molecule has 0 radical (unpaired) electrons. The van der Waals surface area contributed by atoms with Gasteiger partial charge >= 0.3 is 0 Å². The van der Waals surface area contributed by atoms with Crippen molar-refractivity contribution in [2.24, 2.45) is 0 Å². The molecule has 0 bridgehead atoms. The molecule has 0 spiro atoms. The Balaban J connectivity index is 2.04. The molecule has 0 saturated heterocycles. The number of benzene rings is 2. The summed E-state index contributed by atoms with van der Waals surface area (Å²) in [4.78, 5) is 23.0. The molecule has 138 valence electrons. The summed E-state index contributed by atoms with van der Waals surface area (Å²) in [5, 5.41) is 11.1. The van der Waals surface area contributed by atoms with Gasteiger partial charge in [-0.05, 0) is 36.3 Å². The van der Waals surface area contributed by atoms with Gasteiger partial charge in [0.05, 0.1) is 11.4 Å². The van der Waals surface area contributed by atoms with Crippen LogP contribution in [0, 0.1) is 0 Å². The predicted octanol–water partition coefficient (Wildman–Crippen LogP) is 3.09. The minimum atomic E-state index is -1.36. The lowest BCUT2D eigenvalue weighted by Crippen LogP contribution is -2.18. The first-order chi connectivity index (χ1) is 13.1. The number of carbonyl (C=O) groups is 1. The van der Waals surface area contributed by atoms with Gasteiger partial charge in [-0.25, -0.2) is 0 Å². The molecule has 1 aromatic heterocycles. The highest BCUT2D eigenvalue weighted by molar-refractivity contribution is 5.85. The molecule has 0 amide bonds. The van der Waals surface area contributed by atoms with Crippen molar-refractivity contribution in [3.05, 3.63) is 81.7 Å². The highest BCUT2D eigenvalue weighted by Gasteiger charge is 2.14. The quantitative estimate of drug-likeness (QED) is 0.603. The van der Waals surface area contributed by atoms with Crippen molar-refractivity contribution in [2.75, 3.05) is 0 Å². The second-order valence-corrected chi connectivity index (χ2v) is 6.11. The third-order valence-corrected chi connectivity index (χ3v) is 4.10. The zero-order chi connectivity index (χ0) is 19.2. The van der Waals surface area contributed by atoms with E-state index in [0.717, 1.165) is 23.6 Å². The molecule has 1 heterocycles. The van der Waals surface area contributed by atoms with Crippen LogP contribution in [0.4, 0.5) is 0 Å². The highest BCUT2D eigenvalue weighted by atomic mass is 16.5. The maximum Gasteiger partial charge on any atom is 0.193 e. The van der Waals surface area contributed by atoms with Gasteiger partial charge < -0.3 is 19.1 Å². The number of aryl methyl sites for hydroxylation is 1. The van der Waals surface area contributed by atoms with Crippen molar-refractivity contribution in [3.8, 4) is 5.75 Å². The summed E-state index contributed by atoms with van der Waals surface area (Å²) in [7, 11) is 0. The Morgan fingerprint density at radius 2 is 1.96 bits per heavy atom. The first-order valence-corrected chi connectivity index (χ1v) is 8.74. The Labute approximate surface area is 156 Å². The van der Waals surface area contributed by atoms with E-state index in [9.17, 15) is 14.7 Å². The Hall–Kier alpha value is -3.34. The maximum atomic E-state index is 12.4. The average molecular weight is 363 g/mol. The number of hydrogen-bond donors (Lipinski definition) is 0. The van der Waals surface area contributed by atoms with Crippen LogP contribution < -0.4 is 15.3 Å². The van der Waals surface area contributed by atoms with Crippen molar-refractivity contribution >= 4 is 23.0 Å². The van der Waals surface area contributed by atoms with Crippen LogP contribution >= 0.6 is 0 Å². The largest absolute Gasteiger partial charge is 0.545 e. The summed E-state index contributed by atoms with van der Waals surface area (Å²) in [5.41, 5.74) is 2.02. The number of carbonyl (C=O) groups excluding carboxylic acids is 1. The number of ether oxygens (including phenoxy) is 1. The van der Waals surface area contributed by atoms with Crippen LogP contribution in [0.3, 0.4) is 0 Å². The van der Waals surface area contributed by atoms with E-state index in [-0.39, 0.29) is 11.2 Å². The van der Waals surface area contributed by atoms with Crippen molar-refractivity contribution < 1.29 is 19.1 Å². The first kappa shape index (κ1) is 18.5. The summed E-state index contributed by atoms with van der Waals surface area (Å²) >= 11 is 0. The van der Waals surface area contributed by atoms with Gasteiger partial charge in [-0.1, -0.05) is 43.7 Å². The molecule has 0 unspecified atom stereocenters. The van der Waals surface area contributed by atoms with Gasteiger partial charge in [0.2, 0.25) is 0 Å². The molecule has 3 aromatic rings. The van der Waals surface area contributed by atoms with Crippen LogP contribution in [0.5, 0.6) is 5.75 Å². The van der Waals surface area contributed by atoms with Crippen LogP contribution in [-0.4, -0.2) is 5.97 Å². The summed E-state index contributed by atoms with van der Waals surface area (Å²) in [6, 6.07) is 14.5. The van der Waals surface area contributed by atoms with Gasteiger partial charge in [0.25, 0.3) is 0 Å². The van der Waals surface area contributed by atoms with Crippen molar-refractivity contribution in [1.82, 2.24) is 0 Å². The van der Waals surface area contributed by atoms with Crippen LogP contribution in [0.1, 0.15) is 30.2 Å². The molecular weight excluding hydrogens is 344 g/mol. The molecule has 5 nitrogen and oxygen atoms in total. The Bertz CT molecular complexity index is 1030. The van der Waals surface area contributed by atoms with E-state index in [1.165, 1.54) is 12.1 Å². The van der Waals surface area contributed by atoms with E-state index < -0.39 is 5.97 Å². The van der Waals surface area contributed by atoms with E-state index >= 15 is 0 Å². The lowest BCUT2D eigenvalue weighted by molar-refractivity contribution is -0.297. The summed E-state index contributed by atoms with van der Waals surface area (Å²) in [5.74, 6) is -0.543. The summed E-state index contributed by atoms with van der Waals surface area (Å²) < 4.78 is 11.8. The highest BCUT2D eigenvalue weighted by Crippen LogP contribution is 2.29. The molecule has 2 aromatic carbocycles. The van der Waals surface area contributed by atoms with Crippen molar-refractivity contribution in [2.45, 2.75) is 26.4 Å². The molecule has 5 heteroatoms. The average Bonchev–Trinajstić information content (AvgIpc) is 2.67. The lowest BCUT2D eigenvalue weighted by atomic mass is 10.0. The fraction of sp³-hybridized carbons (Fsp3) is 0.182.